The summed E-state index contributed by atoms with van der Waals surface area (Å²) in [6, 6.07) is 25.0. The first kappa shape index (κ1) is 20.7. The fraction of sp³-hybridized carbons (Fsp3) is 0.231. The van der Waals surface area contributed by atoms with Crippen molar-refractivity contribution in [3.05, 3.63) is 101 Å². The van der Waals surface area contributed by atoms with Gasteiger partial charge in [-0.25, -0.2) is 0 Å². The number of para-hydroxylation sites is 1. The van der Waals surface area contributed by atoms with Crippen LogP contribution in [0.3, 0.4) is 0 Å². The van der Waals surface area contributed by atoms with Crippen molar-refractivity contribution in [1.29, 1.82) is 0 Å². The van der Waals surface area contributed by atoms with E-state index in [1.807, 2.05) is 47.4 Å². The molecule has 5 heteroatoms. The number of hydrogen-bond acceptors (Lipinski definition) is 3. The van der Waals surface area contributed by atoms with E-state index in [0.717, 1.165) is 12.0 Å². The zero-order chi connectivity index (χ0) is 21.6. The summed E-state index contributed by atoms with van der Waals surface area (Å²) in [6.45, 7) is 3.42. The van der Waals surface area contributed by atoms with Crippen LogP contribution in [0.4, 0.5) is 0 Å². The highest BCUT2D eigenvalue weighted by molar-refractivity contribution is 5.97. The number of carbonyl (C=O) groups is 2. The Labute approximate surface area is 182 Å². The topological polar surface area (TPSA) is 58.6 Å². The standard InChI is InChI=1S/C26H26N2O3/c1-19(26(30)28-16-15-21-11-5-6-12-22(21)18-28)31-24-14-8-7-13-23(24)25(29)27-17-20-9-3-2-4-10-20/h2-14,19H,15-18H2,1H3,(H,27,29)/t19-/m0/s1. The molecule has 3 aromatic rings. The summed E-state index contributed by atoms with van der Waals surface area (Å²) in [5.74, 6) is 0.103. The predicted molar refractivity (Wildman–Crippen MR) is 120 cm³/mol. The number of nitrogens with zero attached hydrogens (tertiary/aromatic N) is 1. The lowest BCUT2D eigenvalue weighted by molar-refractivity contribution is -0.138. The summed E-state index contributed by atoms with van der Waals surface area (Å²) in [4.78, 5) is 27.6. The van der Waals surface area contributed by atoms with Crippen molar-refractivity contribution in [2.45, 2.75) is 32.5 Å². The molecule has 2 amide bonds. The summed E-state index contributed by atoms with van der Waals surface area (Å²) in [7, 11) is 0. The first-order chi connectivity index (χ1) is 15.1. The molecule has 0 bridgehead atoms. The molecule has 31 heavy (non-hydrogen) atoms. The van der Waals surface area contributed by atoms with Crippen LogP contribution in [0.15, 0.2) is 78.9 Å². The van der Waals surface area contributed by atoms with Crippen LogP contribution >= 0.6 is 0 Å². The molecule has 0 radical (unpaired) electrons. The van der Waals surface area contributed by atoms with Crippen molar-refractivity contribution in [3.8, 4) is 5.75 Å². The van der Waals surface area contributed by atoms with Gasteiger partial charge in [0.25, 0.3) is 11.8 Å². The van der Waals surface area contributed by atoms with Crippen LogP contribution < -0.4 is 10.1 Å². The normalized spacial score (nSPS) is 13.8. The van der Waals surface area contributed by atoms with Crippen LogP contribution in [0.2, 0.25) is 0 Å². The largest absolute Gasteiger partial charge is 0.480 e. The van der Waals surface area contributed by atoms with Crippen molar-refractivity contribution >= 4 is 11.8 Å². The Morgan fingerprint density at radius 1 is 0.935 bits per heavy atom. The molecule has 0 saturated heterocycles. The molecule has 4 rings (SSSR count). The third kappa shape index (κ3) is 4.94. The lowest BCUT2D eigenvalue weighted by atomic mass is 9.99. The second-order valence-electron chi connectivity index (χ2n) is 7.70. The summed E-state index contributed by atoms with van der Waals surface area (Å²) in [5.41, 5.74) is 3.90. The zero-order valence-electron chi connectivity index (χ0n) is 17.6. The van der Waals surface area contributed by atoms with Gasteiger partial charge in [0.2, 0.25) is 0 Å². The number of amides is 2. The summed E-state index contributed by atoms with van der Waals surface area (Å²) >= 11 is 0. The van der Waals surface area contributed by atoms with E-state index in [2.05, 4.69) is 17.4 Å². The first-order valence-corrected chi connectivity index (χ1v) is 10.5. The minimum atomic E-state index is -0.687. The number of carbonyl (C=O) groups excluding carboxylic acids is 2. The fourth-order valence-electron chi connectivity index (χ4n) is 3.81. The average Bonchev–Trinajstić information content (AvgIpc) is 2.82. The number of fused-ring (bicyclic) bond motifs is 1. The lowest BCUT2D eigenvalue weighted by Crippen LogP contribution is -2.43. The van der Waals surface area contributed by atoms with Gasteiger partial charge >= 0.3 is 0 Å². The van der Waals surface area contributed by atoms with Crippen molar-refractivity contribution in [1.82, 2.24) is 10.2 Å². The van der Waals surface area contributed by atoms with Crippen molar-refractivity contribution in [2.24, 2.45) is 0 Å². The monoisotopic (exact) mass is 414 g/mol. The molecule has 0 aromatic heterocycles. The second-order valence-corrected chi connectivity index (χ2v) is 7.70. The molecule has 158 valence electrons. The molecule has 1 N–H and O–H groups in total. The van der Waals surface area contributed by atoms with E-state index in [1.165, 1.54) is 11.1 Å². The van der Waals surface area contributed by atoms with Gasteiger partial charge in [0.05, 0.1) is 5.56 Å². The third-order valence-electron chi connectivity index (χ3n) is 5.52. The number of nitrogens with one attached hydrogen (secondary N) is 1. The molecule has 1 aliphatic rings. The zero-order valence-corrected chi connectivity index (χ0v) is 17.6. The SMILES string of the molecule is C[C@H](Oc1ccccc1C(=O)NCc1ccccc1)C(=O)N1CCc2ccccc2C1. The molecule has 0 fully saturated rings. The molecule has 5 nitrogen and oxygen atoms in total. The van der Waals surface area contributed by atoms with Crippen molar-refractivity contribution in [3.63, 3.8) is 0 Å². The molecule has 3 aromatic carbocycles. The van der Waals surface area contributed by atoms with Gasteiger partial charge in [0.15, 0.2) is 6.10 Å². The Morgan fingerprint density at radius 2 is 1.61 bits per heavy atom. The van der Waals surface area contributed by atoms with Gasteiger partial charge in [0, 0.05) is 19.6 Å². The van der Waals surface area contributed by atoms with Gasteiger partial charge in [0.1, 0.15) is 5.75 Å². The van der Waals surface area contributed by atoms with Crippen LogP contribution in [0, 0.1) is 0 Å². The minimum Gasteiger partial charge on any atom is -0.480 e. The molecule has 0 saturated carbocycles. The van der Waals surface area contributed by atoms with Gasteiger partial charge in [-0.1, -0.05) is 66.7 Å². The second kappa shape index (κ2) is 9.47. The van der Waals surface area contributed by atoms with Crippen molar-refractivity contribution < 1.29 is 14.3 Å². The molecular weight excluding hydrogens is 388 g/mol. The predicted octanol–water partition coefficient (Wildman–Crippen LogP) is 3.97. The van der Waals surface area contributed by atoms with E-state index in [1.54, 1.807) is 31.2 Å². The van der Waals surface area contributed by atoms with E-state index in [9.17, 15) is 9.59 Å². The van der Waals surface area contributed by atoms with E-state index < -0.39 is 6.10 Å². The first-order valence-electron chi connectivity index (χ1n) is 10.5. The quantitative estimate of drug-likeness (QED) is 0.664. The maximum atomic E-state index is 13.0. The van der Waals surface area contributed by atoms with Crippen molar-refractivity contribution in [2.75, 3.05) is 6.54 Å². The van der Waals surface area contributed by atoms with Gasteiger partial charge in [-0.05, 0) is 42.2 Å². The lowest BCUT2D eigenvalue weighted by Gasteiger charge is -2.31. The van der Waals surface area contributed by atoms with Crippen LogP contribution in [0.25, 0.3) is 0 Å². The number of rotatable bonds is 6. The highest BCUT2D eigenvalue weighted by Crippen LogP contribution is 2.23. The maximum Gasteiger partial charge on any atom is 0.263 e. The van der Waals surface area contributed by atoms with E-state index in [0.29, 0.717) is 30.9 Å². The Kier molecular flexibility index (Phi) is 6.32. The molecule has 1 heterocycles. The van der Waals surface area contributed by atoms with E-state index in [4.69, 9.17) is 4.74 Å². The Bertz CT molecular complexity index is 1070. The Balaban J connectivity index is 1.41. The van der Waals surface area contributed by atoms with Crippen LogP contribution in [0.1, 0.15) is 34.0 Å². The summed E-state index contributed by atoms with van der Waals surface area (Å²) in [6.07, 6.45) is 0.154. The third-order valence-corrected chi connectivity index (χ3v) is 5.52. The Morgan fingerprint density at radius 3 is 2.42 bits per heavy atom. The highest BCUT2D eigenvalue weighted by Gasteiger charge is 2.26. The van der Waals surface area contributed by atoms with Gasteiger partial charge < -0.3 is 15.0 Å². The molecule has 0 spiro atoms. The van der Waals surface area contributed by atoms with Gasteiger partial charge in [-0.3, -0.25) is 9.59 Å². The summed E-state index contributed by atoms with van der Waals surface area (Å²) in [5, 5.41) is 2.92. The van der Waals surface area contributed by atoms with Gasteiger partial charge in [-0.2, -0.15) is 0 Å². The van der Waals surface area contributed by atoms with Crippen LogP contribution in [-0.4, -0.2) is 29.4 Å². The van der Waals surface area contributed by atoms with Crippen LogP contribution in [-0.2, 0) is 24.3 Å². The molecule has 0 aliphatic carbocycles. The van der Waals surface area contributed by atoms with Crippen LogP contribution in [0.5, 0.6) is 5.75 Å². The minimum absolute atomic E-state index is 0.0750. The Hall–Kier alpha value is -3.60. The fourth-order valence-corrected chi connectivity index (χ4v) is 3.81. The highest BCUT2D eigenvalue weighted by atomic mass is 16.5. The number of ether oxygens (including phenoxy) is 1. The molecular formula is C26H26N2O3. The van der Waals surface area contributed by atoms with E-state index >= 15 is 0 Å². The summed E-state index contributed by atoms with van der Waals surface area (Å²) < 4.78 is 5.97. The molecule has 1 aliphatic heterocycles. The van der Waals surface area contributed by atoms with E-state index in [-0.39, 0.29) is 11.8 Å². The average molecular weight is 415 g/mol. The molecule has 1 atom stereocenters. The molecule has 0 unspecified atom stereocenters. The number of hydrogen-bond donors (Lipinski definition) is 1. The number of benzene rings is 3. The smallest absolute Gasteiger partial charge is 0.263 e. The van der Waals surface area contributed by atoms with Gasteiger partial charge in [-0.15, -0.1) is 0 Å². The maximum absolute atomic E-state index is 13.0.